The third-order valence-electron chi connectivity index (χ3n) is 4.62. The molecule has 2 N–H and O–H groups in total. The maximum atomic E-state index is 13.8. The van der Waals surface area contributed by atoms with Crippen LogP contribution in [0.3, 0.4) is 0 Å². The highest BCUT2D eigenvalue weighted by Crippen LogP contribution is 2.34. The molecule has 0 saturated carbocycles. The quantitative estimate of drug-likeness (QED) is 0.184. The zero-order valence-corrected chi connectivity index (χ0v) is 21.4. The lowest BCUT2D eigenvalue weighted by molar-refractivity contribution is -0.138. The van der Waals surface area contributed by atoms with Crippen molar-refractivity contribution in [2.45, 2.75) is 53.3 Å². The SMILES string of the molecule is CCNC(=NCc1ccc(-n2nc(C)cc2C)cc1C(F)(F)F)NCCCCOCC.I. The van der Waals surface area contributed by atoms with Crippen LogP contribution in [0.25, 0.3) is 5.69 Å². The number of hydrogen-bond acceptors (Lipinski definition) is 3. The molecule has 180 valence electrons. The van der Waals surface area contributed by atoms with Crippen LogP contribution in [0.1, 0.15) is 49.2 Å². The van der Waals surface area contributed by atoms with Crippen molar-refractivity contribution in [1.82, 2.24) is 20.4 Å². The van der Waals surface area contributed by atoms with Crippen molar-refractivity contribution in [3.05, 3.63) is 46.8 Å². The van der Waals surface area contributed by atoms with Crippen molar-refractivity contribution in [2.75, 3.05) is 26.3 Å². The number of rotatable bonds is 10. The number of ether oxygens (including phenoxy) is 1. The highest BCUT2D eigenvalue weighted by Gasteiger charge is 2.33. The van der Waals surface area contributed by atoms with E-state index in [1.54, 1.807) is 6.07 Å². The van der Waals surface area contributed by atoms with Gasteiger partial charge in [-0.1, -0.05) is 6.07 Å². The van der Waals surface area contributed by atoms with E-state index in [-0.39, 0.29) is 36.1 Å². The summed E-state index contributed by atoms with van der Waals surface area (Å²) in [4.78, 5) is 4.36. The van der Waals surface area contributed by atoms with Crippen LogP contribution in [0.5, 0.6) is 0 Å². The summed E-state index contributed by atoms with van der Waals surface area (Å²) in [6.45, 7) is 10.1. The molecule has 2 aromatic rings. The van der Waals surface area contributed by atoms with E-state index >= 15 is 0 Å². The first-order chi connectivity index (χ1) is 14.8. The molecule has 0 atom stereocenters. The first-order valence-corrected chi connectivity index (χ1v) is 10.6. The van der Waals surface area contributed by atoms with Crippen molar-refractivity contribution in [3.8, 4) is 5.69 Å². The summed E-state index contributed by atoms with van der Waals surface area (Å²) >= 11 is 0. The standard InChI is InChI=1S/C22H32F3N5O.HI/c1-5-26-21(27-11-7-8-12-31-6-2)28-15-18-9-10-19(14-20(18)22(23,24)25)30-17(4)13-16(3)29-30;/h9-10,13-14H,5-8,11-12,15H2,1-4H3,(H2,26,27,28);1H. The van der Waals surface area contributed by atoms with E-state index in [9.17, 15) is 13.2 Å². The third kappa shape index (κ3) is 8.61. The highest BCUT2D eigenvalue weighted by molar-refractivity contribution is 14.0. The largest absolute Gasteiger partial charge is 0.416 e. The summed E-state index contributed by atoms with van der Waals surface area (Å²) in [5, 5.41) is 10.5. The van der Waals surface area contributed by atoms with Gasteiger partial charge in [0.05, 0.1) is 23.5 Å². The highest BCUT2D eigenvalue weighted by atomic mass is 127. The summed E-state index contributed by atoms with van der Waals surface area (Å²) < 4.78 is 48.1. The molecule has 0 aliphatic heterocycles. The number of nitrogens with zero attached hydrogens (tertiary/aromatic N) is 3. The molecule has 32 heavy (non-hydrogen) atoms. The second-order valence-electron chi connectivity index (χ2n) is 7.20. The fourth-order valence-corrected chi connectivity index (χ4v) is 3.17. The number of aromatic nitrogens is 2. The lowest BCUT2D eigenvalue weighted by Crippen LogP contribution is -2.37. The Morgan fingerprint density at radius 2 is 1.88 bits per heavy atom. The minimum atomic E-state index is -4.48. The summed E-state index contributed by atoms with van der Waals surface area (Å²) in [5.41, 5.74) is 1.33. The number of aryl methyl sites for hydroxylation is 2. The fourth-order valence-electron chi connectivity index (χ4n) is 3.17. The Morgan fingerprint density at radius 1 is 1.12 bits per heavy atom. The zero-order chi connectivity index (χ0) is 22.9. The van der Waals surface area contributed by atoms with Crippen LogP contribution >= 0.6 is 24.0 Å². The molecular weight excluding hydrogens is 534 g/mol. The number of nitrogens with one attached hydrogen (secondary N) is 2. The molecule has 0 saturated heterocycles. The van der Waals surface area contributed by atoms with Gasteiger partial charge in [-0.05, 0) is 64.3 Å². The van der Waals surface area contributed by atoms with Crippen molar-refractivity contribution in [1.29, 1.82) is 0 Å². The number of halogens is 4. The second kappa shape index (κ2) is 13.7. The predicted molar refractivity (Wildman–Crippen MR) is 132 cm³/mol. The monoisotopic (exact) mass is 567 g/mol. The van der Waals surface area contributed by atoms with E-state index in [1.807, 2.05) is 33.8 Å². The molecule has 1 heterocycles. The van der Waals surface area contributed by atoms with Crippen molar-refractivity contribution >= 4 is 29.9 Å². The first kappa shape index (κ1) is 28.2. The average molecular weight is 567 g/mol. The maximum absolute atomic E-state index is 13.8. The van der Waals surface area contributed by atoms with E-state index in [0.717, 1.165) is 30.3 Å². The molecule has 0 unspecified atom stereocenters. The number of alkyl halides is 3. The minimum Gasteiger partial charge on any atom is -0.382 e. The molecule has 0 fully saturated rings. The Balaban J connectivity index is 0.00000512. The Labute approximate surface area is 205 Å². The first-order valence-electron chi connectivity index (χ1n) is 10.6. The van der Waals surface area contributed by atoms with Gasteiger partial charge in [0.15, 0.2) is 5.96 Å². The molecule has 1 aromatic carbocycles. The summed E-state index contributed by atoms with van der Waals surface area (Å²) in [6.07, 6.45) is -2.69. The number of benzene rings is 1. The molecule has 6 nitrogen and oxygen atoms in total. The number of aliphatic imine (C=N–C) groups is 1. The molecule has 0 amide bonds. The summed E-state index contributed by atoms with van der Waals surface area (Å²) in [5.74, 6) is 0.495. The van der Waals surface area contributed by atoms with Crippen LogP contribution in [0.4, 0.5) is 13.2 Å². The van der Waals surface area contributed by atoms with Crippen LogP contribution in [0.15, 0.2) is 29.3 Å². The van der Waals surface area contributed by atoms with Gasteiger partial charge in [-0.15, -0.1) is 24.0 Å². The molecule has 2 rings (SSSR count). The molecule has 0 aliphatic rings. The van der Waals surface area contributed by atoms with Crippen molar-refractivity contribution < 1.29 is 17.9 Å². The van der Waals surface area contributed by atoms with Crippen LogP contribution in [0, 0.1) is 13.8 Å². The van der Waals surface area contributed by atoms with Crippen molar-refractivity contribution in [2.24, 2.45) is 4.99 Å². The van der Waals surface area contributed by atoms with Gasteiger partial charge in [0.1, 0.15) is 0 Å². The lowest BCUT2D eigenvalue weighted by Gasteiger charge is -2.15. The van der Waals surface area contributed by atoms with Gasteiger partial charge in [0.25, 0.3) is 0 Å². The fraction of sp³-hybridized carbons (Fsp3) is 0.545. The number of unbranched alkanes of at least 4 members (excludes halogenated alkanes) is 1. The smallest absolute Gasteiger partial charge is 0.382 e. The average Bonchev–Trinajstić information content (AvgIpc) is 3.05. The summed E-state index contributed by atoms with van der Waals surface area (Å²) in [7, 11) is 0. The van der Waals surface area contributed by atoms with E-state index < -0.39 is 11.7 Å². The van der Waals surface area contributed by atoms with Crippen LogP contribution in [-0.4, -0.2) is 42.0 Å². The predicted octanol–water partition coefficient (Wildman–Crippen LogP) is 5.00. The van der Waals surface area contributed by atoms with E-state index in [1.165, 1.54) is 10.7 Å². The van der Waals surface area contributed by atoms with Gasteiger partial charge in [0, 0.05) is 32.0 Å². The van der Waals surface area contributed by atoms with E-state index in [4.69, 9.17) is 4.74 Å². The maximum Gasteiger partial charge on any atom is 0.416 e. The van der Waals surface area contributed by atoms with Crippen LogP contribution < -0.4 is 10.6 Å². The number of guanidine groups is 1. The van der Waals surface area contributed by atoms with Gasteiger partial charge in [-0.25, -0.2) is 9.67 Å². The van der Waals surface area contributed by atoms with E-state index in [0.29, 0.717) is 38.0 Å². The minimum absolute atomic E-state index is 0. The van der Waals surface area contributed by atoms with Crippen LogP contribution in [0.2, 0.25) is 0 Å². The van der Waals surface area contributed by atoms with Crippen molar-refractivity contribution in [3.63, 3.8) is 0 Å². The molecule has 0 aliphatic carbocycles. The molecule has 1 aromatic heterocycles. The van der Waals surface area contributed by atoms with Gasteiger partial charge < -0.3 is 15.4 Å². The lowest BCUT2D eigenvalue weighted by atomic mass is 10.1. The third-order valence-corrected chi connectivity index (χ3v) is 4.62. The normalized spacial score (nSPS) is 11.9. The van der Waals surface area contributed by atoms with Gasteiger partial charge in [-0.2, -0.15) is 18.3 Å². The number of hydrogen-bond donors (Lipinski definition) is 2. The van der Waals surface area contributed by atoms with Gasteiger partial charge in [-0.3, -0.25) is 0 Å². The molecule has 0 radical (unpaired) electrons. The topological polar surface area (TPSA) is 63.5 Å². The Kier molecular flexibility index (Phi) is 12.0. The second-order valence-corrected chi connectivity index (χ2v) is 7.20. The molecule has 0 bridgehead atoms. The summed E-state index contributed by atoms with van der Waals surface area (Å²) in [6, 6.07) is 6.09. The zero-order valence-electron chi connectivity index (χ0n) is 19.1. The molecule has 0 spiro atoms. The Morgan fingerprint density at radius 3 is 2.47 bits per heavy atom. The molecule has 10 heteroatoms. The van der Waals surface area contributed by atoms with Crippen LogP contribution in [-0.2, 0) is 17.5 Å². The molecular formula is C22H33F3IN5O. The van der Waals surface area contributed by atoms with Gasteiger partial charge in [0.2, 0.25) is 0 Å². The van der Waals surface area contributed by atoms with Gasteiger partial charge >= 0.3 is 6.18 Å². The Bertz CT molecular complexity index is 868. The van der Waals surface area contributed by atoms with E-state index in [2.05, 4.69) is 20.7 Å². The Hall–Kier alpha value is -1.82.